The SMILES string of the molecule is COC(=O)C=C=P(C)(C)C. The van der Waals surface area contributed by atoms with Crippen molar-refractivity contribution in [2.75, 3.05) is 27.1 Å². The Labute approximate surface area is 61.9 Å². The van der Waals surface area contributed by atoms with E-state index in [0.29, 0.717) is 0 Å². The summed E-state index contributed by atoms with van der Waals surface area (Å²) in [5, 5.41) is 0. The van der Waals surface area contributed by atoms with Gasteiger partial charge in [-0.3, -0.25) is 0 Å². The molecule has 0 saturated carbocycles. The Bertz CT molecular complexity index is 197. The van der Waals surface area contributed by atoms with Gasteiger partial charge in [-0.25, -0.2) is 4.79 Å². The molecule has 2 nitrogen and oxygen atoms in total. The zero-order valence-corrected chi connectivity index (χ0v) is 7.74. The van der Waals surface area contributed by atoms with E-state index in [1.165, 1.54) is 13.2 Å². The van der Waals surface area contributed by atoms with Gasteiger partial charge in [0.1, 0.15) is 0 Å². The first-order valence-electron chi connectivity index (χ1n) is 2.96. The number of esters is 1. The predicted octanol–water partition coefficient (Wildman–Crippen LogP) is 1.02. The molecule has 0 amide bonds. The van der Waals surface area contributed by atoms with Crippen molar-refractivity contribution in [1.82, 2.24) is 0 Å². The van der Waals surface area contributed by atoms with Crippen LogP contribution < -0.4 is 0 Å². The molecule has 0 fully saturated rings. The predicted molar refractivity (Wildman–Crippen MR) is 46.3 cm³/mol. The largest absolute Gasteiger partial charge is 0.465 e. The summed E-state index contributed by atoms with van der Waals surface area (Å²) < 4.78 is 4.41. The number of rotatable bonds is 1. The molecule has 0 radical (unpaired) electrons. The molecule has 0 aromatic carbocycles. The topological polar surface area (TPSA) is 26.3 Å². The van der Waals surface area contributed by atoms with Gasteiger partial charge in [0.25, 0.3) is 0 Å². The summed E-state index contributed by atoms with van der Waals surface area (Å²) in [5.74, 6) is -0.324. The number of ether oxygens (including phenoxy) is 1. The van der Waals surface area contributed by atoms with Gasteiger partial charge in [-0.05, 0) is 20.0 Å². The first kappa shape index (κ1) is 9.55. The molecule has 0 aliphatic carbocycles. The van der Waals surface area contributed by atoms with Crippen molar-refractivity contribution < 1.29 is 9.53 Å². The van der Waals surface area contributed by atoms with Gasteiger partial charge < -0.3 is 4.74 Å². The van der Waals surface area contributed by atoms with Crippen LogP contribution in [0.5, 0.6) is 0 Å². The molecule has 0 bridgehead atoms. The first-order chi connectivity index (χ1) is 4.45. The van der Waals surface area contributed by atoms with E-state index < -0.39 is 6.89 Å². The lowest BCUT2D eigenvalue weighted by atomic mass is 10.7. The van der Waals surface area contributed by atoms with Gasteiger partial charge in [-0.2, -0.15) is 0 Å². The Kier molecular flexibility index (Phi) is 3.49. The summed E-state index contributed by atoms with van der Waals surface area (Å²) in [7, 11) is 1.36. The lowest BCUT2D eigenvalue weighted by molar-refractivity contribution is -0.134. The summed E-state index contributed by atoms with van der Waals surface area (Å²) in [5.41, 5.74) is 2.98. The minimum Gasteiger partial charge on any atom is -0.465 e. The van der Waals surface area contributed by atoms with Crippen LogP contribution in [0, 0.1) is 0 Å². The fraction of sp³-hybridized carbons (Fsp3) is 0.571. The Hall–Kier alpha value is -0.450. The zero-order chi connectivity index (χ0) is 8.20. The maximum atomic E-state index is 10.5. The molecule has 0 aromatic rings. The summed E-state index contributed by atoms with van der Waals surface area (Å²) in [6, 6.07) is 0. The van der Waals surface area contributed by atoms with Crippen molar-refractivity contribution in [1.29, 1.82) is 0 Å². The van der Waals surface area contributed by atoms with E-state index in [0.717, 1.165) is 0 Å². The number of carbonyl (C=O) groups excluding carboxylic acids is 1. The van der Waals surface area contributed by atoms with E-state index in [9.17, 15) is 4.79 Å². The standard InChI is InChI=1S/C7H13O2P/c1-9-7(8)5-6-10(2,3)4/h5H,1-4H3. The Morgan fingerprint density at radius 3 is 2.30 bits per heavy atom. The molecule has 0 unspecified atom stereocenters. The van der Waals surface area contributed by atoms with Crippen molar-refractivity contribution >= 4 is 18.3 Å². The Balaban J connectivity index is 4.39. The van der Waals surface area contributed by atoms with Gasteiger partial charge in [0.2, 0.25) is 0 Å². The second kappa shape index (κ2) is 3.65. The molecule has 58 valence electrons. The van der Waals surface area contributed by atoms with E-state index in [1.54, 1.807) is 0 Å². The van der Waals surface area contributed by atoms with Crippen molar-refractivity contribution in [3.63, 3.8) is 0 Å². The van der Waals surface area contributed by atoms with Crippen LogP contribution in [-0.4, -0.2) is 38.5 Å². The first-order valence-corrected chi connectivity index (χ1v) is 6.09. The third-order valence-corrected chi connectivity index (χ3v) is 1.67. The molecule has 0 aliphatic heterocycles. The normalized spacial score (nSPS) is 10.0. The lowest BCUT2D eigenvalue weighted by Gasteiger charge is -1.98. The van der Waals surface area contributed by atoms with E-state index >= 15 is 0 Å². The highest BCUT2D eigenvalue weighted by Gasteiger charge is 1.91. The fourth-order valence-electron chi connectivity index (χ4n) is 0.305. The molecule has 0 aromatic heterocycles. The summed E-state index contributed by atoms with van der Waals surface area (Å²) in [6.07, 6.45) is 1.37. The van der Waals surface area contributed by atoms with E-state index in [2.05, 4.69) is 30.2 Å². The van der Waals surface area contributed by atoms with Crippen LogP contribution >= 0.6 is 6.89 Å². The molecule has 0 saturated heterocycles. The zero-order valence-electron chi connectivity index (χ0n) is 6.84. The monoisotopic (exact) mass is 160 g/mol. The van der Waals surface area contributed by atoms with Crippen LogP contribution in [0.2, 0.25) is 0 Å². The number of carbonyl (C=O) groups is 1. The van der Waals surface area contributed by atoms with E-state index in [1.807, 2.05) is 0 Å². The summed E-state index contributed by atoms with van der Waals surface area (Å²) in [4.78, 5) is 10.5. The Morgan fingerprint density at radius 1 is 1.50 bits per heavy atom. The van der Waals surface area contributed by atoms with Crippen LogP contribution in [-0.2, 0) is 9.53 Å². The smallest absolute Gasteiger partial charge is 0.338 e. The molecule has 3 heteroatoms. The maximum Gasteiger partial charge on any atom is 0.338 e. The molecule has 10 heavy (non-hydrogen) atoms. The second-order valence-corrected chi connectivity index (χ2v) is 7.09. The average molecular weight is 160 g/mol. The molecular weight excluding hydrogens is 147 g/mol. The minimum atomic E-state index is -1.09. The third kappa shape index (κ3) is 5.68. The highest BCUT2D eigenvalue weighted by molar-refractivity contribution is 7.72. The highest BCUT2D eigenvalue weighted by atomic mass is 31.2. The third-order valence-electron chi connectivity index (χ3n) is 0.771. The van der Waals surface area contributed by atoms with Crippen molar-refractivity contribution in [2.45, 2.75) is 0 Å². The molecular formula is C7H13O2P. The van der Waals surface area contributed by atoms with Crippen molar-refractivity contribution in [3.8, 4) is 0 Å². The van der Waals surface area contributed by atoms with Gasteiger partial charge in [-0.15, -0.1) is 5.45 Å². The maximum absolute atomic E-state index is 10.5. The van der Waals surface area contributed by atoms with Gasteiger partial charge >= 0.3 is 5.97 Å². The molecule has 0 atom stereocenters. The fourth-order valence-corrected chi connectivity index (χ4v) is 0.798. The molecule has 0 aliphatic rings. The summed E-state index contributed by atoms with van der Waals surface area (Å²) in [6.45, 7) is 5.14. The second-order valence-electron chi connectivity index (χ2n) is 2.81. The minimum absolute atomic E-state index is 0.324. The van der Waals surface area contributed by atoms with Gasteiger partial charge in [0, 0.05) is 0 Å². The van der Waals surface area contributed by atoms with Crippen LogP contribution in [0.25, 0.3) is 0 Å². The van der Waals surface area contributed by atoms with Crippen LogP contribution in [0.1, 0.15) is 0 Å². The molecule has 0 rings (SSSR count). The van der Waals surface area contributed by atoms with Gasteiger partial charge in [-0.1, -0.05) is 6.89 Å². The van der Waals surface area contributed by atoms with Crippen molar-refractivity contribution in [3.05, 3.63) is 6.08 Å². The van der Waals surface area contributed by atoms with Crippen LogP contribution in [0.15, 0.2) is 6.08 Å². The van der Waals surface area contributed by atoms with E-state index in [-0.39, 0.29) is 5.97 Å². The number of hydrogen-bond acceptors (Lipinski definition) is 2. The average Bonchev–Trinajstić information content (AvgIpc) is 1.81. The quantitative estimate of drug-likeness (QED) is 0.325. The molecule has 0 spiro atoms. The van der Waals surface area contributed by atoms with Gasteiger partial charge in [0.05, 0.1) is 13.2 Å². The number of methoxy groups -OCH3 is 1. The molecule has 0 N–H and O–H groups in total. The summed E-state index contributed by atoms with van der Waals surface area (Å²) >= 11 is 0. The van der Waals surface area contributed by atoms with Crippen molar-refractivity contribution in [2.24, 2.45) is 0 Å². The van der Waals surface area contributed by atoms with Gasteiger partial charge in [0.15, 0.2) is 0 Å². The Morgan fingerprint density at radius 2 is 2.00 bits per heavy atom. The highest BCUT2D eigenvalue weighted by Crippen LogP contribution is 2.29. The lowest BCUT2D eigenvalue weighted by Crippen LogP contribution is -1.93. The van der Waals surface area contributed by atoms with Crippen LogP contribution in [0.3, 0.4) is 0 Å². The number of hydrogen-bond donors (Lipinski definition) is 0. The van der Waals surface area contributed by atoms with E-state index in [4.69, 9.17) is 0 Å². The molecule has 0 heterocycles. The van der Waals surface area contributed by atoms with Crippen LogP contribution in [0.4, 0.5) is 0 Å².